The van der Waals surface area contributed by atoms with E-state index >= 15 is 0 Å². The van der Waals surface area contributed by atoms with Crippen molar-refractivity contribution in [1.82, 2.24) is 10.2 Å². The van der Waals surface area contributed by atoms with E-state index in [2.05, 4.69) is 15.5 Å². The third-order valence-corrected chi connectivity index (χ3v) is 5.25. The lowest BCUT2D eigenvalue weighted by Crippen LogP contribution is -2.18. The van der Waals surface area contributed by atoms with Gasteiger partial charge in [-0.05, 0) is 12.8 Å². The fourth-order valence-corrected chi connectivity index (χ4v) is 4.01. The Morgan fingerprint density at radius 3 is 3.05 bits per heavy atom. The monoisotopic (exact) mass is 301 g/mol. The zero-order valence-electron chi connectivity index (χ0n) is 10.3. The molecule has 2 unspecified atom stereocenters. The van der Waals surface area contributed by atoms with Crippen molar-refractivity contribution < 1.29 is 14.3 Å². The number of cyclic esters (lactones) is 1. The van der Waals surface area contributed by atoms with E-state index in [-0.39, 0.29) is 17.3 Å². The number of hydrogen-bond acceptors (Lipinski definition) is 8. The standard InChI is InChI=1S/C11H15N3O3S2/c15-9-8(3-5-17-9)18-11-14-13-10(19-11)12-6-7-2-1-4-16-7/h7-8H,1-6H2,(H,12,13). The lowest BCUT2D eigenvalue weighted by molar-refractivity contribution is -0.137. The van der Waals surface area contributed by atoms with Gasteiger partial charge in [-0.25, -0.2) is 0 Å². The van der Waals surface area contributed by atoms with E-state index in [0.717, 1.165) is 41.9 Å². The van der Waals surface area contributed by atoms with Gasteiger partial charge in [0.05, 0.1) is 12.7 Å². The Labute approximate surface area is 119 Å². The zero-order valence-corrected chi connectivity index (χ0v) is 12.0. The van der Waals surface area contributed by atoms with Crippen LogP contribution in [0.1, 0.15) is 19.3 Å². The molecule has 2 atom stereocenters. The van der Waals surface area contributed by atoms with Crippen LogP contribution in [-0.4, -0.2) is 47.3 Å². The Hall–Kier alpha value is -0.860. The number of nitrogens with one attached hydrogen (secondary N) is 1. The second kappa shape index (κ2) is 6.06. The second-order valence-electron chi connectivity index (χ2n) is 4.45. The van der Waals surface area contributed by atoms with Crippen LogP contribution in [-0.2, 0) is 14.3 Å². The second-order valence-corrected chi connectivity index (χ2v) is 6.88. The molecule has 0 saturated carbocycles. The SMILES string of the molecule is O=C1OCCC1Sc1nnc(NCC2CCCO2)s1. The summed E-state index contributed by atoms with van der Waals surface area (Å²) in [7, 11) is 0. The smallest absolute Gasteiger partial charge is 0.319 e. The number of thioether (sulfide) groups is 1. The first kappa shape index (κ1) is 13.1. The molecule has 2 aliphatic heterocycles. The van der Waals surface area contributed by atoms with E-state index in [1.807, 2.05) is 0 Å². The van der Waals surface area contributed by atoms with Crippen LogP contribution in [0, 0.1) is 0 Å². The van der Waals surface area contributed by atoms with Crippen LogP contribution >= 0.6 is 23.1 Å². The van der Waals surface area contributed by atoms with Crippen LogP contribution < -0.4 is 5.32 Å². The van der Waals surface area contributed by atoms with Crippen LogP contribution in [0.5, 0.6) is 0 Å². The van der Waals surface area contributed by atoms with E-state index < -0.39 is 0 Å². The highest BCUT2D eigenvalue weighted by Gasteiger charge is 2.28. The van der Waals surface area contributed by atoms with E-state index in [0.29, 0.717) is 6.61 Å². The summed E-state index contributed by atoms with van der Waals surface area (Å²) in [6, 6.07) is 0. The maximum atomic E-state index is 11.4. The van der Waals surface area contributed by atoms with E-state index in [1.54, 1.807) is 0 Å². The Kier molecular flexibility index (Phi) is 4.19. The predicted molar refractivity (Wildman–Crippen MR) is 72.6 cm³/mol. The quantitative estimate of drug-likeness (QED) is 0.827. The largest absolute Gasteiger partial charge is 0.465 e. The van der Waals surface area contributed by atoms with Gasteiger partial charge in [0.2, 0.25) is 5.13 Å². The molecule has 1 aromatic rings. The average molecular weight is 301 g/mol. The number of anilines is 1. The topological polar surface area (TPSA) is 73.3 Å². The number of carbonyl (C=O) groups is 1. The van der Waals surface area contributed by atoms with Gasteiger partial charge < -0.3 is 14.8 Å². The summed E-state index contributed by atoms with van der Waals surface area (Å²) < 4.78 is 11.3. The zero-order chi connectivity index (χ0) is 13.1. The first-order chi connectivity index (χ1) is 9.31. The molecular weight excluding hydrogens is 286 g/mol. The molecule has 3 heterocycles. The minimum absolute atomic E-state index is 0.126. The summed E-state index contributed by atoms with van der Waals surface area (Å²) in [5.74, 6) is -0.144. The molecule has 1 aromatic heterocycles. The van der Waals surface area contributed by atoms with Gasteiger partial charge in [-0.3, -0.25) is 4.79 Å². The molecular formula is C11H15N3O3S2. The molecule has 2 fully saturated rings. The Bertz CT molecular complexity index is 448. The van der Waals surface area contributed by atoms with Crippen LogP contribution in [0.15, 0.2) is 4.34 Å². The number of nitrogens with zero attached hydrogens (tertiary/aromatic N) is 2. The molecule has 0 aromatic carbocycles. The van der Waals surface area contributed by atoms with Crippen molar-refractivity contribution >= 4 is 34.2 Å². The normalized spacial score (nSPS) is 26.6. The molecule has 0 bridgehead atoms. The highest BCUT2D eigenvalue weighted by Crippen LogP contribution is 2.33. The summed E-state index contributed by atoms with van der Waals surface area (Å²) in [6.07, 6.45) is 3.26. The molecule has 0 aliphatic carbocycles. The number of hydrogen-bond donors (Lipinski definition) is 1. The third-order valence-electron chi connectivity index (χ3n) is 3.04. The molecule has 0 radical (unpaired) electrons. The van der Waals surface area contributed by atoms with Crippen LogP contribution in [0.25, 0.3) is 0 Å². The van der Waals surface area contributed by atoms with E-state index in [9.17, 15) is 4.79 Å². The lowest BCUT2D eigenvalue weighted by Gasteiger charge is -2.08. The molecule has 19 heavy (non-hydrogen) atoms. The van der Waals surface area contributed by atoms with Gasteiger partial charge in [0.15, 0.2) is 4.34 Å². The first-order valence-electron chi connectivity index (χ1n) is 6.33. The number of ether oxygens (including phenoxy) is 2. The highest BCUT2D eigenvalue weighted by atomic mass is 32.2. The number of esters is 1. The number of rotatable bonds is 5. The minimum atomic E-state index is -0.144. The van der Waals surface area contributed by atoms with E-state index in [1.165, 1.54) is 23.1 Å². The lowest BCUT2D eigenvalue weighted by atomic mass is 10.2. The van der Waals surface area contributed by atoms with Crippen molar-refractivity contribution in [2.24, 2.45) is 0 Å². The minimum Gasteiger partial charge on any atom is -0.465 e. The predicted octanol–water partition coefficient (Wildman–Crippen LogP) is 1.54. The highest BCUT2D eigenvalue weighted by molar-refractivity contribution is 8.02. The molecule has 104 valence electrons. The number of carbonyl (C=O) groups excluding carboxylic acids is 1. The molecule has 2 aliphatic rings. The Balaban J connectivity index is 1.49. The molecule has 3 rings (SSSR count). The third kappa shape index (κ3) is 3.37. The summed E-state index contributed by atoms with van der Waals surface area (Å²) in [6.45, 7) is 2.14. The summed E-state index contributed by atoms with van der Waals surface area (Å²) in [5, 5.41) is 12.0. The van der Waals surface area contributed by atoms with Crippen molar-refractivity contribution in [3.8, 4) is 0 Å². The van der Waals surface area contributed by atoms with Crippen molar-refractivity contribution in [3.05, 3.63) is 0 Å². The van der Waals surface area contributed by atoms with Crippen molar-refractivity contribution in [2.75, 3.05) is 25.1 Å². The van der Waals surface area contributed by atoms with Crippen molar-refractivity contribution in [2.45, 2.75) is 35.0 Å². The van der Waals surface area contributed by atoms with Gasteiger partial charge in [-0.1, -0.05) is 23.1 Å². The fraction of sp³-hybridized carbons (Fsp3) is 0.727. The van der Waals surface area contributed by atoms with Gasteiger partial charge in [-0.2, -0.15) is 0 Å². The molecule has 6 nitrogen and oxygen atoms in total. The van der Waals surface area contributed by atoms with Gasteiger partial charge in [-0.15, -0.1) is 10.2 Å². The Morgan fingerprint density at radius 2 is 2.32 bits per heavy atom. The number of aromatic nitrogens is 2. The maximum Gasteiger partial charge on any atom is 0.319 e. The van der Waals surface area contributed by atoms with Crippen LogP contribution in [0.4, 0.5) is 5.13 Å². The molecule has 0 amide bonds. The van der Waals surface area contributed by atoms with Crippen LogP contribution in [0.3, 0.4) is 0 Å². The fourth-order valence-electron chi connectivity index (χ4n) is 2.04. The molecule has 1 N–H and O–H groups in total. The molecule has 8 heteroatoms. The molecule has 2 saturated heterocycles. The van der Waals surface area contributed by atoms with Gasteiger partial charge >= 0.3 is 5.97 Å². The first-order valence-corrected chi connectivity index (χ1v) is 8.03. The summed E-state index contributed by atoms with van der Waals surface area (Å²) in [4.78, 5) is 11.4. The van der Waals surface area contributed by atoms with Gasteiger partial charge in [0.25, 0.3) is 0 Å². The maximum absolute atomic E-state index is 11.4. The summed E-state index contributed by atoms with van der Waals surface area (Å²) >= 11 is 2.91. The van der Waals surface area contributed by atoms with Crippen molar-refractivity contribution in [3.63, 3.8) is 0 Å². The average Bonchev–Trinajstić information content (AvgIpc) is 3.12. The molecule has 0 spiro atoms. The van der Waals surface area contributed by atoms with Gasteiger partial charge in [0.1, 0.15) is 5.25 Å². The van der Waals surface area contributed by atoms with Crippen LogP contribution in [0.2, 0.25) is 0 Å². The summed E-state index contributed by atoms with van der Waals surface area (Å²) in [5.41, 5.74) is 0. The van der Waals surface area contributed by atoms with E-state index in [4.69, 9.17) is 9.47 Å². The van der Waals surface area contributed by atoms with Crippen molar-refractivity contribution in [1.29, 1.82) is 0 Å². The Morgan fingerprint density at radius 1 is 1.37 bits per heavy atom. The van der Waals surface area contributed by atoms with Gasteiger partial charge in [0, 0.05) is 19.6 Å².